The molecule has 0 aliphatic rings. The average Bonchev–Trinajstić information content (AvgIpc) is 2.79. The van der Waals surface area contributed by atoms with E-state index in [1.807, 2.05) is 24.4 Å². The summed E-state index contributed by atoms with van der Waals surface area (Å²) in [5, 5.41) is 13.5. The van der Waals surface area contributed by atoms with Gasteiger partial charge in [0.05, 0.1) is 0 Å². The number of carboxylic acid groups (broad SMARTS) is 1. The second kappa shape index (κ2) is 6.06. The summed E-state index contributed by atoms with van der Waals surface area (Å²) in [6.07, 6.45) is 0.759. The van der Waals surface area contributed by atoms with Crippen molar-refractivity contribution in [3.8, 4) is 0 Å². The van der Waals surface area contributed by atoms with E-state index < -0.39 is 11.5 Å². The highest BCUT2D eigenvalue weighted by molar-refractivity contribution is 7.09. The molecule has 1 rings (SSSR count). The molecule has 0 bridgehead atoms. The van der Waals surface area contributed by atoms with Gasteiger partial charge in [-0.15, -0.1) is 11.3 Å². The molecule has 2 amide bonds. The molecular weight excluding hydrogens is 264 g/mol. The summed E-state index contributed by atoms with van der Waals surface area (Å²) in [5.74, 6) is -1.06. The Morgan fingerprint density at radius 2 is 2.16 bits per heavy atom. The Morgan fingerprint density at radius 3 is 2.63 bits per heavy atom. The number of amides is 2. The number of hydrogen-bond donors (Lipinski definition) is 2. The Hall–Kier alpha value is -1.56. The van der Waals surface area contributed by atoms with Gasteiger partial charge in [-0.25, -0.2) is 9.59 Å². The fourth-order valence-electron chi connectivity index (χ4n) is 1.47. The van der Waals surface area contributed by atoms with E-state index in [-0.39, 0.29) is 12.1 Å². The van der Waals surface area contributed by atoms with Crippen molar-refractivity contribution in [1.82, 2.24) is 10.2 Å². The van der Waals surface area contributed by atoms with Crippen LogP contribution in [0.1, 0.15) is 25.6 Å². The van der Waals surface area contributed by atoms with Gasteiger partial charge in [-0.1, -0.05) is 6.07 Å². The van der Waals surface area contributed by atoms with Gasteiger partial charge >= 0.3 is 12.0 Å². The molecule has 106 valence electrons. The lowest BCUT2D eigenvalue weighted by atomic mass is 10.1. The minimum Gasteiger partial charge on any atom is -0.480 e. The van der Waals surface area contributed by atoms with Crippen molar-refractivity contribution in [3.05, 3.63) is 22.4 Å². The molecule has 0 spiro atoms. The average molecular weight is 284 g/mol. The maximum absolute atomic E-state index is 12.0. The molecule has 1 aromatic heterocycles. The summed E-state index contributed by atoms with van der Waals surface area (Å²) >= 11 is 1.65. The number of aliphatic carboxylic acids is 1. The molecule has 1 aromatic rings. The standard InChI is InChI=1S/C13H20N2O3S/c1-9(8-10-6-5-7-19-10)15(4)12(18)14-13(2,3)11(16)17/h5-7,9H,8H2,1-4H3,(H,14,18)(H,16,17). The Balaban J connectivity index is 2.59. The van der Waals surface area contributed by atoms with Crippen LogP contribution in [0.2, 0.25) is 0 Å². The first-order valence-corrected chi connectivity index (χ1v) is 6.92. The predicted molar refractivity (Wildman–Crippen MR) is 75.5 cm³/mol. The van der Waals surface area contributed by atoms with Crippen LogP contribution in [-0.4, -0.2) is 40.6 Å². The number of carbonyl (C=O) groups excluding carboxylic acids is 1. The van der Waals surface area contributed by atoms with Crippen molar-refractivity contribution in [1.29, 1.82) is 0 Å². The van der Waals surface area contributed by atoms with E-state index in [0.717, 1.165) is 6.42 Å². The fourth-order valence-corrected chi connectivity index (χ4v) is 2.29. The van der Waals surface area contributed by atoms with Gasteiger partial charge in [-0.3, -0.25) is 0 Å². The molecule has 2 N–H and O–H groups in total. The minimum atomic E-state index is -1.27. The lowest BCUT2D eigenvalue weighted by Gasteiger charge is -2.29. The number of hydrogen-bond acceptors (Lipinski definition) is 3. The van der Waals surface area contributed by atoms with E-state index in [4.69, 9.17) is 5.11 Å². The molecule has 0 aliphatic heterocycles. The third-order valence-corrected chi connectivity index (χ3v) is 3.91. The number of thiophene rings is 1. The van der Waals surface area contributed by atoms with Crippen LogP contribution in [0.3, 0.4) is 0 Å². The van der Waals surface area contributed by atoms with Gasteiger partial charge in [0.1, 0.15) is 5.54 Å². The van der Waals surface area contributed by atoms with E-state index >= 15 is 0 Å². The lowest BCUT2D eigenvalue weighted by Crippen LogP contribution is -2.55. The second-order valence-electron chi connectivity index (χ2n) is 5.10. The minimum absolute atomic E-state index is 0.00300. The zero-order valence-electron chi connectivity index (χ0n) is 11.6. The smallest absolute Gasteiger partial charge is 0.328 e. The molecule has 6 heteroatoms. The Morgan fingerprint density at radius 1 is 1.53 bits per heavy atom. The largest absolute Gasteiger partial charge is 0.480 e. The maximum atomic E-state index is 12.0. The van der Waals surface area contributed by atoms with Gasteiger partial charge in [-0.2, -0.15) is 0 Å². The third kappa shape index (κ3) is 4.24. The first-order chi connectivity index (χ1) is 8.74. The van der Waals surface area contributed by atoms with Crippen LogP contribution < -0.4 is 5.32 Å². The zero-order valence-corrected chi connectivity index (χ0v) is 12.5. The van der Waals surface area contributed by atoms with E-state index in [1.54, 1.807) is 18.4 Å². The summed E-state index contributed by atoms with van der Waals surface area (Å²) in [4.78, 5) is 25.7. The zero-order chi connectivity index (χ0) is 14.6. The summed E-state index contributed by atoms with van der Waals surface area (Å²) in [7, 11) is 1.67. The SMILES string of the molecule is CC(Cc1cccs1)N(C)C(=O)NC(C)(C)C(=O)O. The molecule has 1 atom stereocenters. The van der Waals surface area contributed by atoms with Crippen LogP contribution in [-0.2, 0) is 11.2 Å². The maximum Gasteiger partial charge on any atom is 0.328 e. The fraction of sp³-hybridized carbons (Fsp3) is 0.538. The summed E-state index contributed by atoms with van der Waals surface area (Å²) in [6, 6.07) is 3.62. The summed E-state index contributed by atoms with van der Waals surface area (Å²) in [5.41, 5.74) is -1.27. The van der Waals surface area contributed by atoms with E-state index in [0.29, 0.717) is 0 Å². The number of rotatable bonds is 5. The van der Waals surface area contributed by atoms with Crippen LogP contribution in [0, 0.1) is 0 Å². The number of carbonyl (C=O) groups is 2. The first kappa shape index (κ1) is 15.5. The van der Waals surface area contributed by atoms with Crippen LogP contribution in [0.15, 0.2) is 17.5 Å². The first-order valence-electron chi connectivity index (χ1n) is 6.05. The molecule has 0 saturated heterocycles. The van der Waals surface area contributed by atoms with Gasteiger partial charge in [0, 0.05) is 24.4 Å². The Bertz CT molecular complexity index is 443. The highest BCUT2D eigenvalue weighted by Gasteiger charge is 2.31. The van der Waals surface area contributed by atoms with E-state index in [1.165, 1.54) is 23.6 Å². The van der Waals surface area contributed by atoms with Gasteiger partial charge in [0.2, 0.25) is 0 Å². The number of carboxylic acids is 1. The van der Waals surface area contributed by atoms with Gasteiger partial charge in [0.25, 0.3) is 0 Å². The molecule has 0 aliphatic carbocycles. The lowest BCUT2D eigenvalue weighted by molar-refractivity contribution is -0.143. The van der Waals surface area contributed by atoms with Gasteiger partial charge < -0.3 is 15.3 Å². The van der Waals surface area contributed by atoms with Crippen LogP contribution in [0.5, 0.6) is 0 Å². The molecule has 0 saturated carbocycles. The highest BCUT2D eigenvalue weighted by Crippen LogP contribution is 2.14. The Kier molecular flexibility index (Phi) is 4.94. The molecule has 0 radical (unpaired) electrons. The van der Waals surface area contributed by atoms with Crippen LogP contribution in [0.4, 0.5) is 4.79 Å². The number of likely N-dealkylation sites (N-methyl/N-ethyl adjacent to an activating group) is 1. The van der Waals surface area contributed by atoms with Crippen molar-refractivity contribution in [3.63, 3.8) is 0 Å². The molecule has 19 heavy (non-hydrogen) atoms. The van der Waals surface area contributed by atoms with Crippen molar-refractivity contribution in [2.45, 2.75) is 38.8 Å². The highest BCUT2D eigenvalue weighted by atomic mass is 32.1. The monoisotopic (exact) mass is 284 g/mol. The Labute approximate surface area is 117 Å². The molecular formula is C13H20N2O3S. The summed E-state index contributed by atoms with van der Waals surface area (Å²) in [6.45, 7) is 4.86. The second-order valence-corrected chi connectivity index (χ2v) is 6.14. The molecule has 1 heterocycles. The normalized spacial score (nSPS) is 12.8. The van der Waals surface area contributed by atoms with Crippen molar-refractivity contribution in [2.24, 2.45) is 0 Å². The molecule has 0 fully saturated rings. The molecule has 1 unspecified atom stereocenters. The van der Waals surface area contributed by atoms with E-state index in [2.05, 4.69) is 5.32 Å². The predicted octanol–water partition coefficient (Wildman–Crippen LogP) is 2.18. The van der Waals surface area contributed by atoms with Gasteiger partial charge in [0.15, 0.2) is 0 Å². The number of nitrogens with zero attached hydrogens (tertiary/aromatic N) is 1. The van der Waals surface area contributed by atoms with Crippen molar-refractivity contribution < 1.29 is 14.7 Å². The van der Waals surface area contributed by atoms with Gasteiger partial charge in [-0.05, 0) is 32.2 Å². The molecule has 0 aromatic carbocycles. The topological polar surface area (TPSA) is 69.6 Å². The molecule has 5 nitrogen and oxygen atoms in total. The summed E-state index contributed by atoms with van der Waals surface area (Å²) < 4.78 is 0. The third-order valence-electron chi connectivity index (χ3n) is 3.01. The van der Waals surface area contributed by atoms with E-state index in [9.17, 15) is 9.59 Å². The van der Waals surface area contributed by atoms with Crippen LogP contribution in [0.25, 0.3) is 0 Å². The number of urea groups is 1. The number of nitrogens with one attached hydrogen (secondary N) is 1. The van der Waals surface area contributed by atoms with Crippen molar-refractivity contribution >= 4 is 23.3 Å². The quantitative estimate of drug-likeness (QED) is 0.870. The van der Waals surface area contributed by atoms with Crippen LogP contribution >= 0.6 is 11.3 Å². The van der Waals surface area contributed by atoms with Crippen molar-refractivity contribution in [2.75, 3.05) is 7.05 Å².